The van der Waals surface area contributed by atoms with E-state index in [0.717, 1.165) is 39.0 Å². The molecule has 2 atom stereocenters. The number of halogens is 1. The van der Waals surface area contributed by atoms with E-state index in [0.29, 0.717) is 17.9 Å². The zero-order chi connectivity index (χ0) is 21.3. The van der Waals surface area contributed by atoms with Crippen LogP contribution in [0.2, 0.25) is 0 Å². The molecule has 3 saturated heterocycles. The number of hydrogen-bond acceptors (Lipinski definition) is 6. The molecule has 3 aliphatic heterocycles. The Kier molecular flexibility index (Phi) is 5.52. The van der Waals surface area contributed by atoms with Crippen LogP contribution in [0.15, 0.2) is 18.2 Å². The van der Waals surface area contributed by atoms with Gasteiger partial charge in [0.2, 0.25) is 5.91 Å². The average molecular weight is 415 g/mol. The van der Waals surface area contributed by atoms with Crippen LogP contribution in [0.1, 0.15) is 19.8 Å². The number of benzene rings is 1. The molecule has 2 amide bonds. The van der Waals surface area contributed by atoms with Gasteiger partial charge in [-0.05, 0) is 37.6 Å². The Morgan fingerprint density at radius 3 is 2.90 bits per heavy atom. The lowest BCUT2D eigenvalue weighted by molar-refractivity contribution is -0.119. The van der Waals surface area contributed by atoms with Gasteiger partial charge < -0.3 is 15.0 Å². The molecule has 4 rings (SSSR count). The first-order chi connectivity index (χ1) is 14.4. The van der Waals surface area contributed by atoms with Gasteiger partial charge in [0.25, 0.3) is 0 Å². The number of anilines is 2. The molecule has 160 valence electrons. The van der Waals surface area contributed by atoms with Crippen molar-refractivity contribution >= 4 is 23.4 Å². The van der Waals surface area contributed by atoms with Crippen molar-refractivity contribution in [1.29, 1.82) is 5.26 Å². The quantitative estimate of drug-likeness (QED) is 0.737. The largest absolute Gasteiger partial charge is 0.442 e. The maximum absolute atomic E-state index is 15.0. The summed E-state index contributed by atoms with van der Waals surface area (Å²) >= 11 is 0. The molecule has 3 heterocycles. The van der Waals surface area contributed by atoms with Crippen molar-refractivity contribution in [3.63, 3.8) is 0 Å². The maximum Gasteiger partial charge on any atom is 0.414 e. The SMILES string of the molecule is CC(=O)NCC1CN(c2ccc(N3CCC4(CCN(CC#N)C4)C3)c(F)c2)C(=O)O1. The predicted octanol–water partition coefficient (Wildman–Crippen LogP) is 1.71. The smallest absolute Gasteiger partial charge is 0.414 e. The lowest BCUT2D eigenvalue weighted by Gasteiger charge is -2.26. The minimum atomic E-state index is -0.541. The Bertz CT molecular complexity index is 888. The minimum Gasteiger partial charge on any atom is -0.442 e. The second-order valence-electron chi connectivity index (χ2n) is 8.48. The number of likely N-dealkylation sites (tertiary alicyclic amines) is 1. The number of nitrogens with zero attached hydrogens (tertiary/aromatic N) is 4. The molecular formula is C21H26FN5O3. The molecule has 3 aliphatic rings. The Balaban J connectivity index is 1.41. The molecule has 0 aromatic heterocycles. The molecule has 8 nitrogen and oxygen atoms in total. The third-order valence-electron chi connectivity index (χ3n) is 6.29. The zero-order valence-electron chi connectivity index (χ0n) is 17.1. The van der Waals surface area contributed by atoms with E-state index in [2.05, 4.69) is 21.2 Å². The third-order valence-corrected chi connectivity index (χ3v) is 6.29. The maximum atomic E-state index is 15.0. The van der Waals surface area contributed by atoms with Gasteiger partial charge in [0.15, 0.2) is 0 Å². The van der Waals surface area contributed by atoms with Gasteiger partial charge in [0.05, 0.1) is 37.1 Å². The number of cyclic esters (lactones) is 1. The van der Waals surface area contributed by atoms with Gasteiger partial charge in [0, 0.05) is 32.0 Å². The van der Waals surface area contributed by atoms with Gasteiger partial charge >= 0.3 is 6.09 Å². The molecule has 1 aromatic rings. The van der Waals surface area contributed by atoms with Gasteiger partial charge in [-0.2, -0.15) is 5.26 Å². The molecule has 9 heteroatoms. The first-order valence-electron chi connectivity index (χ1n) is 10.3. The van der Waals surface area contributed by atoms with Crippen molar-refractivity contribution in [2.24, 2.45) is 5.41 Å². The second-order valence-corrected chi connectivity index (χ2v) is 8.48. The molecule has 0 radical (unpaired) electrons. The van der Waals surface area contributed by atoms with Crippen molar-refractivity contribution in [3.8, 4) is 6.07 Å². The van der Waals surface area contributed by atoms with Gasteiger partial charge in [-0.1, -0.05) is 0 Å². The summed E-state index contributed by atoms with van der Waals surface area (Å²) in [6, 6.07) is 7.04. The van der Waals surface area contributed by atoms with Crippen LogP contribution in [0, 0.1) is 22.6 Å². The molecule has 1 spiro atoms. The average Bonchev–Trinajstić information content (AvgIpc) is 3.40. The van der Waals surface area contributed by atoms with E-state index in [1.165, 1.54) is 17.9 Å². The number of carbonyl (C=O) groups is 2. The Labute approximate surface area is 175 Å². The number of ether oxygens (including phenoxy) is 1. The summed E-state index contributed by atoms with van der Waals surface area (Å²) in [4.78, 5) is 28.8. The molecule has 3 fully saturated rings. The van der Waals surface area contributed by atoms with Gasteiger partial charge in [0.1, 0.15) is 11.9 Å². The van der Waals surface area contributed by atoms with E-state index >= 15 is 0 Å². The van der Waals surface area contributed by atoms with Crippen molar-refractivity contribution in [2.45, 2.75) is 25.9 Å². The van der Waals surface area contributed by atoms with E-state index in [4.69, 9.17) is 10.00 Å². The fourth-order valence-electron chi connectivity index (χ4n) is 4.75. The van der Waals surface area contributed by atoms with Crippen LogP contribution in [0.3, 0.4) is 0 Å². The molecule has 1 N–H and O–H groups in total. The van der Waals surface area contributed by atoms with Crippen LogP contribution < -0.4 is 15.1 Å². The summed E-state index contributed by atoms with van der Waals surface area (Å²) in [5.41, 5.74) is 1.11. The van der Waals surface area contributed by atoms with E-state index < -0.39 is 12.2 Å². The van der Waals surface area contributed by atoms with Gasteiger partial charge in [-0.25, -0.2) is 9.18 Å². The number of nitrogens with one attached hydrogen (secondary N) is 1. The van der Waals surface area contributed by atoms with Crippen molar-refractivity contribution in [3.05, 3.63) is 24.0 Å². The van der Waals surface area contributed by atoms with Gasteiger partial charge in [-0.15, -0.1) is 0 Å². The molecular weight excluding hydrogens is 389 g/mol. The van der Waals surface area contributed by atoms with Gasteiger partial charge in [-0.3, -0.25) is 14.6 Å². The van der Waals surface area contributed by atoms with Crippen LogP contribution in [0.5, 0.6) is 0 Å². The van der Waals surface area contributed by atoms with E-state index in [1.54, 1.807) is 12.1 Å². The van der Waals surface area contributed by atoms with E-state index in [1.807, 2.05) is 0 Å². The summed E-state index contributed by atoms with van der Waals surface area (Å²) in [6.45, 7) is 5.69. The predicted molar refractivity (Wildman–Crippen MR) is 109 cm³/mol. The third kappa shape index (κ3) is 4.05. The normalized spacial score (nSPS) is 26.3. The molecule has 0 bridgehead atoms. The first-order valence-corrected chi connectivity index (χ1v) is 10.3. The summed E-state index contributed by atoms with van der Waals surface area (Å²) in [5, 5.41) is 11.6. The first kappa shape index (κ1) is 20.4. The van der Waals surface area contributed by atoms with Crippen LogP contribution in [-0.2, 0) is 9.53 Å². The highest BCUT2D eigenvalue weighted by molar-refractivity contribution is 5.90. The lowest BCUT2D eigenvalue weighted by Crippen LogP contribution is -2.33. The molecule has 30 heavy (non-hydrogen) atoms. The van der Waals surface area contributed by atoms with Crippen LogP contribution >= 0.6 is 0 Å². The van der Waals surface area contributed by atoms with Crippen molar-refractivity contribution in [1.82, 2.24) is 10.2 Å². The fourth-order valence-corrected chi connectivity index (χ4v) is 4.75. The second kappa shape index (κ2) is 8.11. The van der Waals surface area contributed by atoms with Crippen LogP contribution in [0.25, 0.3) is 0 Å². The molecule has 0 aliphatic carbocycles. The lowest BCUT2D eigenvalue weighted by atomic mass is 9.86. The van der Waals surface area contributed by atoms with Crippen molar-refractivity contribution in [2.75, 3.05) is 55.6 Å². The number of amides is 2. The Hall–Kier alpha value is -2.86. The van der Waals surface area contributed by atoms with E-state index in [9.17, 15) is 14.0 Å². The number of carbonyl (C=O) groups excluding carboxylic acids is 2. The summed E-state index contributed by atoms with van der Waals surface area (Å²) in [6.07, 6.45) is 1.02. The Morgan fingerprint density at radius 1 is 1.37 bits per heavy atom. The van der Waals surface area contributed by atoms with Crippen LogP contribution in [-0.4, -0.2) is 68.8 Å². The Morgan fingerprint density at radius 2 is 2.17 bits per heavy atom. The fraction of sp³-hybridized carbons (Fsp3) is 0.571. The standard InChI is InChI=1S/C21H26FN5O3/c1-15(28)24-11-17-12-27(20(29)30-17)16-2-3-19(18(22)10-16)26-8-5-21(14-26)4-7-25(13-21)9-6-23/h2-3,10,17H,4-5,7-9,11-14H2,1H3,(H,24,28). The highest BCUT2D eigenvalue weighted by Gasteiger charge is 2.44. The monoisotopic (exact) mass is 415 g/mol. The highest BCUT2D eigenvalue weighted by atomic mass is 19.1. The summed E-state index contributed by atoms with van der Waals surface area (Å²) in [5.74, 6) is -0.559. The highest BCUT2D eigenvalue weighted by Crippen LogP contribution is 2.42. The minimum absolute atomic E-state index is 0.123. The number of nitriles is 1. The number of rotatable bonds is 5. The van der Waals surface area contributed by atoms with E-state index in [-0.39, 0.29) is 30.2 Å². The molecule has 1 aromatic carbocycles. The molecule has 0 saturated carbocycles. The summed E-state index contributed by atoms with van der Waals surface area (Å²) < 4.78 is 20.2. The van der Waals surface area contributed by atoms with Crippen molar-refractivity contribution < 1.29 is 18.7 Å². The molecule has 2 unspecified atom stereocenters. The zero-order valence-corrected chi connectivity index (χ0v) is 17.1. The topological polar surface area (TPSA) is 88.9 Å². The summed E-state index contributed by atoms with van der Waals surface area (Å²) in [7, 11) is 0. The number of hydrogen-bond donors (Lipinski definition) is 1. The van der Waals surface area contributed by atoms with Crippen LogP contribution in [0.4, 0.5) is 20.6 Å².